The molecule has 1 aromatic rings. The Morgan fingerprint density at radius 1 is 1.38 bits per heavy atom. The zero-order chi connectivity index (χ0) is 15.2. The number of anilines is 1. The average Bonchev–Trinajstić information content (AvgIpc) is 2.85. The first-order chi connectivity index (χ1) is 10.0. The summed E-state index contributed by atoms with van der Waals surface area (Å²) in [4.78, 5) is 23.5. The summed E-state index contributed by atoms with van der Waals surface area (Å²) in [5.41, 5.74) is 5.45. The predicted octanol–water partition coefficient (Wildman–Crippen LogP) is 1.62. The number of imide groups is 1. The van der Waals surface area contributed by atoms with E-state index in [1.54, 1.807) is 0 Å². The monoisotopic (exact) mass is 329 g/mol. The van der Waals surface area contributed by atoms with E-state index in [1.165, 1.54) is 29.5 Å². The number of nitrogens with two attached hydrogens (primary N) is 1. The highest BCUT2D eigenvalue weighted by molar-refractivity contribution is 8.01. The number of rotatable bonds is 4. The normalized spacial score (nSPS) is 21.8. The molecule has 0 unspecified atom stereocenters. The van der Waals surface area contributed by atoms with Crippen molar-refractivity contribution < 1.29 is 9.59 Å². The van der Waals surface area contributed by atoms with E-state index < -0.39 is 6.03 Å². The smallest absolute Gasteiger partial charge is 0.321 e. The lowest BCUT2D eigenvalue weighted by atomic mass is 9.86. The molecule has 1 aliphatic rings. The van der Waals surface area contributed by atoms with Gasteiger partial charge in [-0.1, -0.05) is 42.9 Å². The van der Waals surface area contributed by atoms with Gasteiger partial charge in [-0.15, -0.1) is 10.2 Å². The first kappa shape index (κ1) is 16.0. The van der Waals surface area contributed by atoms with Gasteiger partial charge in [0.05, 0.1) is 5.75 Å². The fraction of sp³-hybridized carbons (Fsp3) is 0.667. The van der Waals surface area contributed by atoms with Crippen LogP contribution in [0.4, 0.5) is 9.93 Å². The van der Waals surface area contributed by atoms with E-state index in [0.717, 1.165) is 19.3 Å². The molecule has 4 N–H and O–H groups in total. The maximum Gasteiger partial charge on any atom is 0.321 e. The Labute approximate surface area is 131 Å². The number of carbonyl (C=O) groups excluding carboxylic acids is 2. The van der Waals surface area contributed by atoms with Crippen LogP contribution in [0, 0.1) is 5.92 Å². The van der Waals surface area contributed by atoms with Crippen LogP contribution < -0.4 is 16.4 Å². The Balaban J connectivity index is 1.70. The van der Waals surface area contributed by atoms with E-state index in [0.29, 0.717) is 15.4 Å². The van der Waals surface area contributed by atoms with E-state index in [4.69, 9.17) is 5.73 Å². The summed E-state index contributed by atoms with van der Waals surface area (Å²) in [6.07, 6.45) is 4.42. The lowest BCUT2D eigenvalue weighted by Crippen LogP contribution is -2.48. The molecule has 2 atom stereocenters. The molecular weight excluding hydrogens is 310 g/mol. The van der Waals surface area contributed by atoms with E-state index in [2.05, 4.69) is 27.8 Å². The summed E-state index contributed by atoms with van der Waals surface area (Å²) >= 11 is 2.43. The van der Waals surface area contributed by atoms with E-state index in [1.807, 2.05) is 0 Å². The number of hydrogen-bond donors (Lipinski definition) is 3. The summed E-state index contributed by atoms with van der Waals surface area (Å²) < 4.78 is 0.615. The third-order valence-corrected chi connectivity index (χ3v) is 5.32. The molecule has 7 nitrogen and oxygen atoms in total. The van der Waals surface area contributed by atoms with Crippen molar-refractivity contribution in [1.29, 1.82) is 0 Å². The van der Waals surface area contributed by atoms with Gasteiger partial charge in [-0.05, 0) is 18.8 Å². The summed E-state index contributed by atoms with van der Waals surface area (Å²) in [5.74, 6) is 0.218. The summed E-state index contributed by atoms with van der Waals surface area (Å²) in [7, 11) is 0. The second-order valence-corrected chi connectivity index (χ2v) is 7.32. The summed E-state index contributed by atoms with van der Waals surface area (Å²) in [6.45, 7) is 2.13. The van der Waals surface area contributed by atoms with Crippen molar-refractivity contribution in [3.63, 3.8) is 0 Å². The van der Waals surface area contributed by atoms with Crippen LogP contribution in [-0.2, 0) is 4.79 Å². The van der Waals surface area contributed by atoms with Gasteiger partial charge in [-0.25, -0.2) is 4.79 Å². The van der Waals surface area contributed by atoms with Gasteiger partial charge in [0.2, 0.25) is 11.0 Å². The fourth-order valence-corrected chi connectivity index (χ4v) is 3.74. The van der Waals surface area contributed by atoms with Crippen molar-refractivity contribution in [3.8, 4) is 0 Å². The number of nitrogen functional groups attached to an aromatic ring is 1. The Bertz CT molecular complexity index is 508. The standard InChI is InChI=1S/C12H19N5O2S2/c1-7-4-2-3-5-8(7)14-11(19)15-9(18)6-20-12-17-16-10(13)21-12/h7-8H,2-6H2,1H3,(H2,13,16)(H2,14,15,18,19)/t7-,8-/m1/s1. The van der Waals surface area contributed by atoms with Crippen molar-refractivity contribution in [3.05, 3.63) is 0 Å². The molecule has 9 heteroatoms. The molecule has 3 amide bonds. The SMILES string of the molecule is C[C@@H]1CCCC[C@H]1NC(=O)NC(=O)CSc1nnc(N)s1. The largest absolute Gasteiger partial charge is 0.374 e. The minimum absolute atomic E-state index is 0.113. The Morgan fingerprint density at radius 3 is 2.81 bits per heavy atom. The fourth-order valence-electron chi connectivity index (χ4n) is 2.30. The van der Waals surface area contributed by atoms with Gasteiger partial charge in [0.15, 0.2) is 4.34 Å². The van der Waals surface area contributed by atoms with Crippen LogP contribution in [0.15, 0.2) is 4.34 Å². The van der Waals surface area contributed by atoms with Crippen molar-refractivity contribution in [2.24, 2.45) is 5.92 Å². The molecule has 0 saturated heterocycles. The van der Waals surface area contributed by atoms with Gasteiger partial charge in [0, 0.05) is 6.04 Å². The first-order valence-electron chi connectivity index (χ1n) is 6.86. The molecule has 116 valence electrons. The topological polar surface area (TPSA) is 110 Å². The molecule has 1 aliphatic carbocycles. The number of nitrogens with zero attached hydrogens (tertiary/aromatic N) is 2. The van der Waals surface area contributed by atoms with Crippen LogP contribution in [0.2, 0.25) is 0 Å². The van der Waals surface area contributed by atoms with Gasteiger partial charge < -0.3 is 11.1 Å². The molecule has 0 radical (unpaired) electrons. The number of carbonyl (C=O) groups is 2. The molecule has 21 heavy (non-hydrogen) atoms. The average molecular weight is 329 g/mol. The zero-order valence-electron chi connectivity index (χ0n) is 11.8. The maximum atomic E-state index is 11.8. The van der Waals surface area contributed by atoms with E-state index >= 15 is 0 Å². The number of urea groups is 1. The molecule has 0 spiro atoms. The van der Waals surface area contributed by atoms with E-state index in [-0.39, 0.29) is 17.7 Å². The van der Waals surface area contributed by atoms with Gasteiger partial charge in [-0.3, -0.25) is 10.1 Å². The number of thioether (sulfide) groups is 1. The first-order valence-corrected chi connectivity index (χ1v) is 8.67. The lowest BCUT2D eigenvalue weighted by molar-refractivity contribution is -0.117. The quantitative estimate of drug-likeness (QED) is 0.724. The minimum atomic E-state index is -0.420. The molecule has 0 aliphatic heterocycles. The number of amides is 3. The number of nitrogens with one attached hydrogen (secondary N) is 2. The van der Waals surface area contributed by atoms with Gasteiger partial charge in [0.1, 0.15) is 0 Å². The van der Waals surface area contributed by atoms with Crippen molar-refractivity contribution in [2.45, 2.75) is 43.0 Å². The van der Waals surface area contributed by atoms with Crippen molar-refractivity contribution in [2.75, 3.05) is 11.5 Å². The highest BCUT2D eigenvalue weighted by Crippen LogP contribution is 2.24. The van der Waals surface area contributed by atoms with Gasteiger partial charge in [-0.2, -0.15) is 0 Å². The van der Waals surface area contributed by atoms with Crippen LogP contribution >= 0.6 is 23.1 Å². The third kappa shape index (κ3) is 5.16. The second kappa shape index (κ2) is 7.60. The molecular formula is C12H19N5O2S2. The predicted molar refractivity (Wildman–Crippen MR) is 83.1 cm³/mol. The molecule has 2 rings (SSSR count). The highest BCUT2D eigenvalue weighted by atomic mass is 32.2. The van der Waals surface area contributed by atoms with Crippen LogP contribution in [0.5, 0.6) is 0 Å². The number of hydrogen-bond acceptors (Lipinski definition) is 7. The molecule has 0 aromatic carbocycles. The molecule has 1 heterocycles. The third-order valence-electron chi connectivity index (χ3n) is 3.43. The van der Waals surface area contributed by atoms with Crippen LogP contribution in [-0.4, -0.2) is 33.9 Å². The lowest BCUT2D eigenvalue weighted by Gasteiger charge is -2.29. The molecule has 1 fully saturated rings. The summed E-state index contributed by atoms with van der Waals surface area (Å²) in [5, 5.41) is 13.0. The van der Waals surface area contributed by atoms with Gasteiger partial charge in [0.25, 0.3) is 0 Å². The zero-order valence-corrected chi connectivity index (χ0v) is 13.4. The highest BCUT2D eigenvalue weighted by Gasteiger charge is 2.23. The summed E-state index contributed by atoms with van der Waals surface area (Å²) in [6, 6.07) is -0.265. The van der Waals surface area contributed by atoms with Crippen molar-refractivity contribution in [1.82, 2.24) is 20.8 Å². The minimum Gasteiger partial charge on any atom is -0.374 e. The van der Waals surface area contributed by atoms with Crippen LogP contribution in [0.1, 0.15) is 32.6 Å². The van der Waals surface area contributed by atoms with Crippen molar-refractivity contribution >= 4 is 40.2 Å². The van der Waals surface area contributed by atoms with Crippen LogP contribution in [0.25, 0.3) is 0 Å². The second-order valence-electron chi connectivity index (χ2n) is 5.08. The van der Waals surface area contributed by atoms with E-state index in [9.17, 15) is 9.59 Å². The Morgan fingerprint density at radius 2 is 2.14 bits per heavy atom. The Hall–Kier alpha value is -1.35. The maximum absolute atomic E-state index is 11.8. The molecule has 1 aromatic heterocycles. The molecule has 1 saturated carbocycles. The van der Waals surface area contributed by atoms with Gasteiger partial charge >= 0.3 is 6.03 Å². The van der Waals surface area contributed by atoms with Crippen LogP contribution in [0.3, 0.4) is 0 Å². The number of aromatic nitrogens is 2. The Kier molecular flexibility index (Phi) is 5.80. The molecule has 0 bridgehead atoms.